The van der Waals surface area contributed by atoms with Crippen molar-refractivity contribution < 1.29 is 0 Å². The number of hydrogen-bond acceptors (Lipinski definition) is 2. The van der Waals surface area contributed by atoms with Crippen molar-refractivity contribution in [3.8, 4) is 16.8 Å². The van der Waals surface area contributed by atoms with Gasteiger partial charge in [-0.25, -0.2) is 0 Å². The van der Waals surface area contributed by atoms with Crippen LogP contribution >= 0.6 is 11.3 Å². The number of hydrogen-bond donors (Lipinski definition) is 0. The Morgan fingerprint density at radius 2 is 0.952 bits per heavy atom. The molecule has 0 radical (unpaired) electrons. The average Bonchev–Trinajstić information content (AvgIpc) is 3.98. The van der Waals surface area contributed by atoms with Crippen LogP contribution in [-0.4, -0.2) is 4.57 Å². The van der Waals surface area contributed by atoms with Crippen molar-refractivity contribution in [1.82, 2.24) is 4.57 Å². The van der Waals surface area contributed by atoms with Crippen molar-refractivity contribution >= 4 is 81.1 Å². The zero-order valence-corrected chi connectivity index (χ0v) is 34.6. The van der Waals surface area contributed by atoms with E-state index in [0.29, 0.717) is 0 Å². The molecule has 12 aromatic rings. The molecule has 0 spiro atoms. The Labute approximate surface area is 363 Å². The molecule has 1 aliphatic carbocycles. The summed E-state index contributed by atoms with van der Waals surface area (Å²) in [6.45, 7) is 0. The highest BCUT2D eigenvalue weighted by Gasteiger charge is 2.47. The molecular weight excluding hydrogens is 769 g/mol. The van der Waals surface area contributed by atoms with Crippen molar-refractivity contribution in [3.63, 3.8) is 0 Å². The highest BCUT2D eigenvalue weighted by molar-refractivity contribution is 7.25. The summed E-state index contributed by atoms with van der Waals surface area (Å²) in [6, 6.07) is 85.5. The molecule has 0 aliphatic heterocycles. The minimum atomic E-state index is -0.559. The lowest BCUT2D eigenvalue weighted by Crippen LogP contribution is -2.28. The topological polar surface area (TPSA) is 8.17 Å². The molecule has 2 heterocycles. The number of aromatic nitrogens is 1. The third kappa shape index (κ3) is 5.03. The highest BCUT2D eigenvalue weighted by atomic mass is 32.1. The van der Waals surface area contributed by atoms with Crippen LogP contribution in [0, 0.1) is 0 Å². The molecule has 0 saturated heterocycles. The van der Waals surface area contributed by atoms with E-state index in [4.69, 9.17) is 0 Å². The van der Waals surface area contributed by atoms with E-state index in [1.165, 1.54) is 86.1 Å². The Kier molecular flexibility index (Phi) is 7.72. The number of thiophene rings is 1. The van der Waals surface area contributed by atoms with Crippen molar-refractivity contribution in [1.29, 1.82) is 0 Å². The van der Waals surface area contributed by atoms with Gasteiger partial charge in [0, 0.05) is 53.7 Å². The predicted molar refractivity (Wildman–Crippen MR) is 263 cm³/mol. The lowest BCUT2D eigenvalue weighted by molar-refractivity contribution is 0.769. The molecule has 2 nitrogen and oxygen atoms in total. The first-order chi connectivity index (χ1) is 30.8. The van der Waals surface area contributed by atoms with E-state index in [-0.39, 0.29) is 0 Å². The maximum atomic E-state index is 2.50. The van der Waals surface area contributed by atoms with Gasteiger partial charge in [0.15, 0.2) is 0 Å². The van der Waals surface area contributed by atoms with Crippen LogP contribution in [0.2, 0.25) is 0 Å². The second-order valence-electron chi connectivity index (χ2n) is 16.4. The molecule has 1 aliphatic rings. The van der Waals surface area contributed by atoms with Gasteiger partial charge in [-0.1, -0.05) is 164 Å². The third-order valence-corrected chi connectivity index (χ3v) is 14.4. The first-order valence-electron chi connectivity index (χ1n) is 21.3. The maximum absolute atomic E-state index is 2.50. The standard InChI is InChI=1S/C59H38N2S/c1-4-17-40(18-5-1)59(41-19-6-2-7-20-41)52-34-28-39-16-10-11-23-46(39)58(52)50-33-30-44(37-53(50)59)60(43-31-35-57-51(36-43)49-25-13-15-27-56(49)62-57)45-29-32-48-47-24-12-14-26-54(47)61(55(48)38-45)42-21-8-3-9-22-42/h1-38H. The molecule has 0 unspecified atom stereocenters. The van der Waals surface area contributed by atoms with Crippen LogP contribution < -0.4 is 4.90 Å². The molecule has 0 N–H and O–H groups in total. The molecule has 0 atom stereocenters. The smallest absolute Gasteiger partial charge is 0.0714 e. The van der Waals surface area contributed by atoms with Gasteiger partial charge in [0.2, 0.25) is 0 Å². The van der Waals surface area contributed by atoms with Crippen molar-refractivity contribution in [2.45, 2.75) is 5.41 Å². The van der Waals surface area contributed by atoms with Gasteiger partial charge in [0.05, 0.1) is 16.4 Å². The van der Waals surface area contributed by atoms with E-state index >= 15 is 0 Å². The van der Waals surface area contributed by atoms with Crippen LogP contribution in [0.5, 0.6) is 0 Å². The molecule has 0 amide bonds. The molecule has 0 saturated carbocycles. The number of fused-ring (bicyclic) bond motifs is 11. The molecular formula is C59H38N2S. The van der Waals surface area contributed by atoms with Crippen molar-refractivity contribution in [2.24, 2.45) is 0 Å². The first-order valence-corrected chi connectivity index (χ1v) is 22.2. The Morgan fingerprint density at radius 3 is 1.74 bits per heavy atom. The minimum absolute atomic E-state index is 0.559. The van der Waals surface area contributed by atoms with Gasteiger partial charge >= 0.3 is 0 Å². The first kappa shape index (κ1) is 35.1. The summed E-state index contributed by atoms with van der Waals surface area (Å²) in [6.07, 6.45) is 0. The summed E-state index contributed by atoms with van der Waals surface area (Å²) < 4.78 is 5.01. The largest absolute Gasteiger partial charge is 0.310 e. The number of nitrogens with zero attached hydrogens (tertiary/aromatic N) is 2. The van der Waals surface area contributed by atoms with E-state index in [0.717, 1.165) is 22.7 Å². The summed E-state index contributed by atoms with van der Waals surface area (Å²) in [5.74, 6) is 0. The minimum Gasteiger partial charge on any atom is -0.310 e. The molecule has 0 fully saturated rings. The van der Waals surface area contributed by atoms with Gasteiger partial charge in [-0.15, -0.1) is 11.3 Å². The molecule has 3 heteroatoms. The van der Waals surface area contributed by atoms with Crippen molar-refractivity contribution in [2.75, 3.05) is 4.90 Å². The van der Waals surface area contributed by atoms with E-state index in [1.54, 1.807) is 0 Å². The fourth-order valence-corrected chi connectivity index (χ4v) is 11.7. The fraction of sp³-hybridized carbons (Fsp3) is 0.0169. The SMILES string of the molecule is c1ccc(-n2c3ccccc3c3ccc(N(c4ccc5c(c4)C(c4ccccc4)(c4ccccc4)c4ccc6ccccc6c4-5)c4ccc5sc6ccccc6c5c4)cc32)cc1. The van der Waals surface area contributed by atoms with Crippen LogP contribution in [0.1, 0.15) is 22.3 Å². The third-order valence-electron chi connectivity index (χ3n) is 13.2. The quantitative estimate of drug-likeness (QED) is 0.162. The summed E-state index contributed by atoms with van der Waals surface area (Å²) in [5, 5.41) is 7.56. The van der Waals surface area contributed by atoms with E-state index in [1.807, 2.05) is 11.3 Å². The molecule has 10 aromatic carbocycles. The second-order valence-corrected chi connectivity index (χ2v) is 17.5. The van der Waals surface area contributed by atoms with Crippen LogP contribution in [-0.2, 0) is 5.41 Å². The lowest BCUT2D eigenvalue weighted by Gasteiger charge is -2.35. The number of benzene rings is 10. The summed E-state index contributed by atoms with van der Waals surface area (Å²) in [7, 11) is 0. The Balaban J connectivity index is 1.13. The van der Waals surface area contributed by atoms with Crippen LogP contribution in [0.4, 0.5) is 17.1 Å². The van der Waals surface area contributed by atoms with Gasteiger partial charge in [0.25, 0.3) is 0 Å². The number of anilines is 3. The van der Waals surface area contributed by atoms with Gasteiger partial charge in [-0.05, 0) is 111 Å². The Morgan fingerprint density at radius 1 is 0.371 bits per heavy atom. The van der Waals surface area contributed by atoms with Gasteiger partial charge in [-0.3, -0.25) is 0 Å². The maximum Gasteiger partial charge on any atom is 0.0714 e. The van der Waals surface area contributed by atoms with E-state index in [2.05, 4.69) is 240 Å². The zero-order chi connectivity index (χ0) is 40.8. The summed E-state index contributed by atoms with van der Waals surface area (Å²) in [5.41, 5.74) is 14.0. The van der Waals surface area contributed by atoms with Gasteiger partial charge in [-0.2, -0.15) is 0 Å². The molecule has 62 heavy (non-hydrogen) atoms. The molecule has 2 aromatic heterocycles. The summed E-state index contributed by atoms with van der Waals surface area (Å²) >= 11 is 1.86. The van der Waals surface area contributed by atoms with Gasteiger partial charge < -0.3 is 9.47 Å². The Bertz CT molecular complexity index is 3660. The number of para-hydroxylation sites is 2. The fourth-order valence-electron chi connectivity index (χ4n) is 10.6. The van der Waals surface area contributed by atoms with Crippen LogP contribution in [0.15, 0.2) is 231 Å². The monoisotopic (exact) mass is 806 g/mol. The molecule has 13 rings (SSSR count). The average molecular weight is 807 g/mol. The Hall–Kier alpha value is -7.72. The van der Waals surface area contributed by atoms with E-state index < -0.39 is 5.41 Å². The predicted octanol–water partition coefficient (Wildman–Crippen LogP) is 16.1. The van der Waals surface area contributed by atoms with Crippen LogP contribution in [0.25, 0.3) is 69.6 Å². The van der Waals surface area contributed by atoms with Crippen LogP contribution in [0.3, 0.4) is 0 Å². The number of rotatable bonds is 6. The normalized spacial score (nSPS) is 13.0. The molecule has 0 bridgehead atoms. The highest BCUT2D eigenvalue weighted by Crippen LogP contribution is 2.59. The van der Waals surface area contributed by atoms with Gasteiger partial charge in [0.1, 0.15) is 0 Å². The van der Waals surface area contributed by atoms with Crippen molar-refractivity contribution in [3.05, 3.63) is 253 Å². The summed E-state index contributed by atoms with van der Waals surface area (Å²) in [4.78, 5) is 2.49. The lowest BCUT2D eigenvalue weighted by atomic mass is 9.67. The zero-order valence-electron chi connectivity index (χ0n) is 33.7. The molecule has 290 valence electrons. The second kappa shape index (κ2) is 13.7. The van der Waals surface area contributed by atoms with E-state index in [9.17, 15) is 0 Å².